The van der Waals surface area contributed by atoms with Crippen LogP contribution >= 0.6 is 0 Å². The number of hydrogen-bond acceptors (Lipinski definition) is 6. The predicted molar refractivity (Wildman–Crippen MR) is 101 cm³/mol. The number of anilines is 1. The molecule has 146 valence electrons. The van der Waals surface area contributed by atoms with Gasteiger partial charge in [0.15, 0.2) is 4.90 Å². The summed E-state index contributed by atoms with van der Waals surface area (Å²) in [5.74, 6) is 0. The Bertz CT molecular complexity index is 1060. The molecule has 0 fully saturated rings. The zero-order chi connectivity index (χ0) is 20.4. The molecule has 2 aromatic carbocycles. The lowest BCUT2D eigenvalue weighted by molar-refractivity contribution is -0.388. The molecule has 0 unspecified atom stereocenters. The summed E-state index contributed by atoms with van der Waals surface area (Å²) in [7, 11) is -5.70. The summed E-state index contributed by atoms with van der Waals surface area (Å²) < 4.78 is 52.7. The molecule has 1 N–H and O–H groups in total. The van der Waals surface area contributed by atoms with Crippen molar-refractivity contribution in [2.75, 3.05) is 18.8 Å². The lowest BCUT2D eigenvalue weighted by Crippen LogP contribution is -2.22. The van der Waals surface area contributed by atoms with Crippen LogP contribution in [0.15, 0.2) is 52.3 Å². The van der Waals surface area contributed by atoms with Crippen molar-refractivity contribution in [3.05, 3.63) is 58.1 Å². The number of benzene rings is 2. The van der Waals surface area contributed by atoms with E-state index in [4.69, 9.17) is 0 Å². The minimum atomic E-state index is -4.29. The van der Waals surface area contributed by atoms with Crippen molar-refractivity contribution < 1.29 is 21.8 Å². The van der Waals surface area contributed by atoms with Crippen LogP contribution in [0.2, 0.25) is 0 Å². The molecule has 11 heteroatoms. The van der Waals surface area contributed by atoms with Gasteiger partial charge in [0.05, 0.1) is 9.82 Å². The van der Waals surface area contributed by atoms with E-state index in [1.807, 2.05) is 6.92 Å². The van der Waals surface area contributed by atoms with Gasteiger partial charge in [0.25, 0.3) is 15.7 Å². The van der Waals surface area contributed by atoms with Gasteiger partial charge in [-0.1, -0.05) is 19.1 Å². The van der Waals surface area contributed by atoms with Gasteiger partial charge in [-0.2, -0.15) is 0 Å². The lowest BCUT2D eigenvalue weighted by Gasteiger charge is -2.13. The highest BCUT2D eigenvalue weighted by atomic mass is 32.2. The summed E-state index contributed by atoms with van der Waals surface area (Å²) in [6, 6.07) is 9.25. The Kier molecular flexibility index (Phi) is 5.88. The largest absolute Gasteiger partial charge is 0.291 e. The number of nitro benzene ring substituents is 1. The zero-order valence-corrected chi connectivity index (χ0v) is 16.5. The number of sulfonamides is 2. The number of rotatable bonds is 7. The molecule has 0 amide bonds. The fourth-order valence-corrected chi connectivity index (χ4v) is 4.39. The van der Waals surface area contributed by atoms with E-state index in [2.05, 4.69) is 4.72 Å². The second-order valence-corrected chi connectivity index (χ2v) is 9.63. The molecular weight excluding hydrogens is 394 g/mol. The van der Waals surface area contributed by atoms with Crippen molar-refractivity contribution in [3.8, 4) is 0 Å². The summed E-state index contributed by atoms with van der Waals surface area (Å²) in [4.78, 5) is 9.44. The highest BCUT2D eigenvalue weighted by molar-refractivity contribution is 7.93. The van der Waals surface area contributed by atoms with Gasteiger partial charge in [0.2, 0.25) is 10.0 Å². The number of nitrogens with zero attached hydrogens (tertiary/aromatic N) is 2. The van der Waals surface area contributed by atoms with Crippen molar-refractivity contribution in [1.82, 2.24) is 4.31 Å². The van der Waals surface area contributed by atoms with Crippen LogP contribution in [0.25, 0.3) is 0 Å². The number of hydrogen-bond donors (Lipinski definition) is 1. The van der Waals surface area contributed by atoms with Crippen molar-refractivity contribution in [2.45, 2.75) is 23.1 Å². The zero-order valence-electron chi connectivity index (χ0n) is 14.9. The lowest BCUT2D eigenvalue weighted by atomic mass is 10.2. The standard InChI is InChI=1S/C16H19N3O6S2/c1-4-12-5-7-13(8-6-12)17-26(22,23)16-10-9-14(11-15(16)19(20)21)27(24,25)18(2)3/h5-11,17H,4H2,1-3H3. The number of nitrogens with one attached hydrogen (secondary N) is 1. The van der Waals surface area contributed by atoms with Crippen molar-refractivity contribution in [3.63, 3.8) is 0 Å². The SMILES string of the molecule is CCc1ccc(NS(=O)(=O)c2ccc(S(=O)(=O)N(C)C)cc2[N+](=O)[O-])cc1. The third-order valence-electron chi connectivity index (χ3n) is 3.81. The molecule has 2 rings (SSSR count). The summed E-state index contributed by atoms with van der Waals surface area (Å²) in [5.41, 5.74) is 0.421. The Balaban J connectivity index is 2.50. The van der Waals surface area contributed by atoms with Gasteiger partial charge in [-0.05, 0) is 36.2 Å². The molecule has 9 nitrogen and oxygen atoms in total. The summed E-state index contributed by atoms with van der Waals surface area (Å²) in [5, 5.41) is 11.4. The highest BCUT2D eigenvalue weighted by Crippen LogP contribution is 2.29. The van der Waals surface area contributed by atoms with Crippen LogP contribution < -0.4 is 4.72 Å². The van der Waals surface area contributed by atoms with Gasteiger partial charge in [-0.25, -0.2) is 21.1 Å². The van der Waals surface area contributed by atoms with E-state index in [1.165, 1.54) is 14.1 Å². The topological polar surface area (TPSA) is 127 Å². The third-order valence-corrected chi connectivity index (χ3v) is 7.05. The molecule has 27 heavy (non-hydrogen) atoms. The van der Waals surface area contributed by atoms with E-state index >= 15 is 0 Å². The smallest absolute Gasteiger partial charge is 0.279 e. The fraction of sp³-hybridized carbons (Fsp3) is 0.250. The van der Waals surface area contributed by atoms with Crippen LogP contribution in [0.4, 0.5) is 11.4 Å². The first-order valence-electron chi connectivity index (χ1n) is 7.81. The maximum atomic E-state index is 12.6. The molecule has 0 aromatic heterocycles. The second-order valence-electron chi connectivity index (χ2n) is 5.83. The van der Waals surface area contributed by atoms with Crippen molar-refractivity contribution >= 4 is 31.4 Å². The molecule has 0 radical (unpaired) electrons. The van der Waals surface area contributed by atoms with Crippen LogP contribution in [0, 0.1) is 10.1 Å². The predicted octanol–water partition coefficient (Wildman–Crippen LogP) is 2.21. The average molecular weight is 413 g/mol. The third kappa shape index (κ3) is 4.43. The Labute approximate surface area is 157 Å². The Hall–Kier alpha value is -2.50. The van der Waals surface area contributed by atoms with Crippen LogP contribution in [0.3, 0.4) is 0 Å². The van der Waals surface area contributed by atoms with E-state index in [0.29, 0.717) is 0 Å². The first-order chi connectivity index (χ1) is 12.5. The molecule has 0 saturated carbocycles. The van der Waals surface area contributed by atoms with Gasteiger partial charge in [0.1, 0.15) is 0 Å². The van der Waals surface area contributed by atoms with Gasteiger partial charge in [-0.3, -0.25) is 14.8 Å². The molecule has 0 bridgehead atoms. The normalized spacial score (nSPS) is 12.1. The van der Waals surface area contributed by atoms with Crippen LogP contribution in [-0.4, -0.2) is 40.2 Å². The highest BCUT2D eigenvalue weighted by Gasteiger charge is 2.29. The van der Waals surface area contributed by atoms with Gasteiger partial charge < -0.3 is 0 Å². The Morgan fingerprint density at radius 3 is 2.11 bits per heavy atom. The Morgan fingerprint density at radius 2 is 1.63 bits per heavy atom. The van der Waals surface area contributed by atoms with Crippen LogP contribution in [0.5, 0.6) is 0 Å². The molecule has 2 aromatic rings. The average Bonchev–Trinajstić information content (AvgIpc) is 2.61. The monoisotopic (exact) mass is 413 g/mol. The molecule has 0 heterocycles. The van der Waals surface area contributed by atoms with E-state index in [-0.39, 0.29) is 10.6 Å². The number of aryl methyl sites for hydroxylation is 1. The molecule has 0 spiro atoms. The molecule has 0 aliphatic rings. The Morgan fingerprint density at radius 1 is 1.04 bits per heavy atom. The molecule has 0 aliphatic heterocycles. The van der Waals surface area contributed by atoms with E-state index in [1.54, 1.807) is 24.3 Å². The summed E-state index contributed by atoms with van der Waals surface area (Å²) in [6.07, 6.45) is 0.778. The molecule has 0 aliphatic carbocycles. The van der Waals surface area contributed by atoms with Crippen molar-refractivity contribution in [1.29, 1.82) is 0 Å². The summed E-state index contributed by atoms with van der Waals surface area (Å²) >= 11 is 0. The maximum Gasteiger partial charge on any atom is 0.291 e. The first-order valence-corrected chi connectivity index (χ1v) is 10.7. The molecule has 0 saturated heterocycles. The van der Waals surface area contributed by atoms with Crippen LogP contribution in [0.1, 0.15) is 12.5 Å². The molecular formula is C16H19N3O6S2. The maximum absolute atomic E-state index is 12.6. The number of nitro groups is 1. The van der Waals surface area contributed by atoms with Gasteiger partial charge >= 0.3 is 0 Å². The minimum Gasteiger partial charge on any atom is -0.279 e. The van der Waals surface area contributed by atoms with Crippen LogP contribution in [-0.2, 0) is 26.5 Å². The first kappa shape index (κ1) is 20.8. The van der Waals surface area contributed by atoms with Crippen molar-refractivity contribution in [2.24, 2.45) is 0 Å². The quantitative estimate of drug-likeness (QED) is 0.548. The van der Waals surface area contributed by atoms with E-state index < -0.39 is 35.6 Å². The van der Waals surface area contributed by atoms with E-state index in [0.717, 1.165) is 34.5 Å². The fourth-order valence-electron chi connectivity index (χ4n) is 2.26. The molecule has 0 atom stereocenters. The second kappa shape index (κ2) is 7.62. The van der Waals surface area contributed by atoms with Gasteiger partial charge in [0, 0.05) is 25.8 Å². The van der Waals surface area contributed by atoms with Gasteiger partial charge in [-0.15, -0.1) is 0 Å². The van der Waals surface area contributed by atoms with E-state index in [9.17, 15) is 26.9 Å². The summed E-state index contributed by atoms with van der Waals surface area (Å²) in [6.45, 7) is 1.95. The minimum absolute atomic E-state index is 0.242.